The van der Waals surface area contributed by atoms with Crippen molar-refractivity contribution in [1.29, 1.82) is 0 Å². The zero-order chi connectivity index (χ0) is 12.7. The molecule has 1 aromatic carbocycles. The molecule has 18 heavy (non-hydrogen) atoms. The standard InChI is InChI=1S/C13H13N3O2/c1-8-3-2-4-10(7-8)16-12(9-5-6-9)14-11(15-16)13(17)18/h2-4,7,9H,5-6H2,1H3,(H,17,18). The Balaban J connectivity index is 2.12. The second-order valence-electron chi connectivity index (χ2n) is 4.62. The molecule has 1 aliphatic carbocycles. The molecule has 3 rings (SSSR count). The number of nitrogens with zero attached hydrogens (tertiary/aromatic N) is 3. The second-order valence-corrected chi connectivity index (χ2v) is 4.62. The van der Waals surface area contributed by atoms with Crippen LogP contribution in [0.15, 0.2) is 24.3 Å². The molecule has 2 aromatic rings. The molecule has 0 saturated heterocycles. The van der Waals surface area contributed by atoms with Gasteiger partial charge in [0.05, 0.1) is 5.69 Å². The number of hydrogen-bond donors (Lipinski definition) is 1. The van der Waals surface area contributed by atoms with Gasteiger partial charge in [0, 0.05) is 5.92 Å². The number of benzene rings is 1. The minimum Gasteiger partial charge on any atom is -0.475 e. The van der Waals surface area contributed by atoms with Crippen molar-refractivity contribution in [1.82, 2.24) is 14.8 Å². The van der Waals surface area contributed by atoms with Crippen LogP contribution < -0.4 is 0 Å². The summed E-state index contributed by atoms with van der Waals surface area (Å²) in [6.07, 6.45) is 2.12. The molecule has 0 bridgehead atoms. The van der Waals surface area contributed by atoms with Gasteiger partial charge in [0.1, 0.15) is 5.82 Å². The predicted octanol–water partition coefficient (Wildman–Crippen LogP) is 2.15. The van der Waals surface area contributed by atoms with Gasteiger partial charge in [-0.1, -0.05) is 12.1 Å². The van der Waals surface area contributed by atoms with Gasteiger partial charge in [0.15, 0.2) is 0 Å². The summed E-state index contributed by atoms with van der Waals surface area (Å²) in [7, 11) is 0. The van der Waals surface area contributed by atoms with Crippen molar-refractivity contribution in [2.75, 3.05) is 0 Å². The van der Waals surface area contributed by atoms with Crippen molar-refractivity contribution in [2.24, 2.45) is 0 Å². The highest BCUT2D eigenvalue weighted by Gasteiger charge is 2.31. The molecular weight excluding hydrogens is 230 g/mol. The van der Waals surface area contributed by atoms with Gasteiger partial charge in [-0.05, 0) is 37.5 Å². The largest absolute Gasteiger partial charge is 0.475 e. The Morgan fingerprint density at radius 2 is 2.22 bits per heavy atom. The lowest BCUT2D eigenvalue weighted by Crippen LogP contribution is -2.03. The first kappa shape index (κ1) is 11.0. The third kappa shape index (κ3) is 1.88. The van der Waals surface area contributed by atoms with Crippen LogP contribution in [0.3, 0.4) is 0 Å². The molecule has 1 N–H and O–H groups in total. The monoisotopic (exact) mass is 243 g/mol. The van der Waals surface area contributed by atoms with E-state index in [0.29, 0.717) is 5.92 Å². The highest BCUT2D eigenvalue weighted by atomic mass is 16.4. The van der Waals surface area contributed by atoms with Crippen LogP contribution in [0, 0.1) is 6.92 Å². The maximum absolute atomic E-state index is 11.0. The molecule has 0 amide bonds. The number of aryl methyl sites for hydroxylation is 1. The van der Waals surface area contributed by atoms with Crippen LogP contribution in [0.5, 0.6) is 0 Å². The van der Waals surface area contributed by atoms with E-state index in [1.807, 2.05) is 31.2 Å². The van der Waals surface area contributed by atoms with E-state index < -0.39 is 5.97 Å². The van der Waals surface area contributed by atoms with Crippen LogP contribution in [-0.2, 0) is 0 Å². The highest BCUT2D eigenvalue weighted by molar-refractivity contribution is 5.83. The van der Waals surface area contributed by atoms with E-state index in [9.17, 15) is 4.79 Å². The molecule has 0 radical (unpaired) electrons. The summed E-state index contributed by atoms with van der Waals surface area (Å²) < 4.78 is 1.66. The number of carbonyl (C=O) groups is 1. The van der Waals surface area contributed by atoms with Gasteiger partial charge >= 0.3 is 5.97 Å². The number of carboxylic acid groups (broad SMARTS) is 1. The molecule has 1 fully saturated rings. The van der Waals surface area contributed by atoms with Crippen LogP contribution in [0.4, 0.5) is 0 Å². The first-order valence-electron chi connectivity index (χ1n) is 5.92. The van der Waals surface area contributed by atoms with Gasteiger partial charge in [-0.3, -0.25) is 0 Å². The minimum atomic E-state index is -1.08. The molecule has 5 nitrogen and oxygen atoms in total. The fourth-order valence-corrected chi connectivity index (χ4v) is 1.97. The van der Waals surface area contributed by atoms with Crippen LogP contribution in [0.25, 0.3) is 5.69 Å². The summed E-state index contributed by atoms with van der Waals surface area (Å²) in [4.78, 5) is 15.1. The first-order chi connectivity index (χ1) is 8.65. The van der Waals surface area contributed by atoms with Gasteiger partial charge in [-0.15, -0.1) is 5.10 Å². The Labute approximate surface area is 104 Å². The Morgan fingerprint density at radius 3 is 2.83 bits per heavy atom. The minimum absolute atomic E-state index is 0.126. The molecule has 1 aromatic heterocycles. The first-order valence-corrected chi connectivity index (χ1v) is 5.92. The van der Waals surface area contributed by atoms with E-state index in [2.05, 4.69) is 10.1 Å². The van der Waals surface area contributed by atoms with E-state index in [4.69, 9.17) is 5.11 Å². The van der Waals surface area contributed by atoms with Crippen molar-refractivity contribution >= 4 is 5.97 Å². The molecule has 5 heteroatoms. The lowest BCUT2D eigenvalue weighted by Gasteiger charge is -2.05. The third-order valence-electron chi connectivity index (χ3n) is 3.01. The fraction of sp³-hybridized carbons (Fsp3) is 0.308. The molecular formula is C13H13N3O2. The Kier molecular flexibility index (Phi) is 2.40. The molecule has 0 atom stereocenters. The summed E-state index contributed by atoms with van der Waals surface area (Å²) in [5.74, 6) is -0.0918. The summed E-state index contributed by atoms with van der Waals surface area (Å²) >= 11 is 0. The molecule has 0 unspecified atom stereocenters. The summed E-state index contributed by atoms with van der Waals surface area (Å²) in [5, 5.41) is 13.1. The summed E-state index contributed by atoms with van der Waals surface area (Å²) in [5.41, 5.74) is 1.98. The van der Waals surface area contributed by atoms with Crippen LogP contribution in [-0.4, -0.2) is 25.8 Å². The lowest BCUT2D eigenvalue weighted by atomic mass is 10.2. The highest BCUT2D eigenvalue weighted by Crippen LogP contribution is 2.39. The number of hydrogen-bond acceptors (Lipinski definition) is 3. The van der Waals surface area contributed by atoms with Gasteiger partial charge in [-0.2, -0.15) is 0 Å². The Hall–Kier alpha value is -2.17. The van der Waals surface area contributed by atoms with Crippen molar-refractivity contribution in [3.63, 3.8) is 0 Å². The quantitative estimate of drug-likeness (QED) is 0.896. The van der Waals surface area contributed by atoms with Crippen molar-refractivity contribution in [2.45, 2.75) is 25.7 Å². The van der Waals surface area contributed by atoms with Crippen LogP contribution in [0.1, 0.15) is 40.8 Å². The number of aromatic nitrogens is 3. The average Bonchev–Trinajstić information content (AvgIpc) is 3.07. The molecule has 1 aliphatic rings. The lowest BCUT2D eigenvalue weighted by molar-refractivity contribution is 0.0683. The van der Waals surface area contributed by atoms with Gasteiger partial charge in [0.25, 0.3) is 5.82 Å². The zero-order valence-electron chi connectivity index (χ0n) is 10.00. The number of aromatic carboxylic acids is 1. The van der Waals surface area contributed by atoms with E-state index in [1.165, 1.54) is 0 Å². The van der Waals surface area contributed by atoms with Crippen LogP contribution in [0.2, 0.25) is 0 Å². The van der Waals surface area contributed by atoms with Gasteiger partial charge in [0.2, 0.25) is 0 Å². The predicted molar refractivity (Wildman–Crippen MR) is 65.0 cm³/mol. The third-order valence-corrected chi connectivity index (χ3v) is 3.01. The molecule has 1 heterocycles. The smallest absolute Gasteiger partial charge is 0.375 e. The number of rotatable bonds is 3. The topological polar surface area (TPSA) is 68.0 Å². The van der Waals surface area contributed by atoms with Crippen molar-refractivity contribution in [3.05, 3.63) is 41.5 Å². The average molecular weight is 243 g/mol. The normalized spacial score (nSPS) is 14.7. The Morgan fingerprint density at radius 1 is 1.44 bits per heavy atom. The number of carboxylic acids is 1. The molecule has 1 saturated carbocycles. The summed E-state index contributed by atoms with van der Waals surface area (Å²) in [6, 6.07) is 7.82. The zero-order valence-corrected chi connectivity index (χ0v) is 10.00. The second kappa shape index (κ2) is 3.94. The van der Waals surface area contributed by atoms with E-state index in [-0.39, 0.29) is 5.82 Å². The van der Waals surface area contributed by atoms with Crippen molar-refractivity contribution in [3.8, 4) is 5.69 Å². The molecule has 0 aliphatic heterocycles. The molecule has 0 spiro atoms. The maximum Gasteiger partial charge on any atom is 0.375 e. The maximum atomic E-state index is 11.0. The molecule has 92 valence electrons. The van der Waals surface area contributed by atoms with Gasteiger partial charge < -0.3 is 5.11 Å². The van der Waals surface area contributed by atoms with E-state index in [1.54, 1.807) is 4.68 Å². The Bertz CT molecular complexity index is 614. The SMILES string of the molecule is Cc1cccc(-n2nc(C(=O)O)nc2C2CC2)c1. The van der Waals surface area contributed by atoms with Crippen molar-refractivity contribution < 1.29 is 9.90 Å². The summed E-state index contributed by atoms with van der Waals surface area (Å²) in [6.45, 7) is 2.00. The van der Waals surface area contributed by atoms with Crippen LogP contribution >= 0.6 is 0 Å². The fourth-order valence-electron chi connectivity index (χ4n) is 1.97. The van der Waals surface area contributed by atoms with Gasteiger partial charge in [-0.25, -0.2) is 14.5 Å². The van der Waals surface area contributed by atoms with E-state index >= 15 is 0 Å². The van der Waals surface area contributed by atoms with E-state index in [0.717, 1.165) is 29.9 Å².